The molecule has 1 amide bonds. The van der Waals surface area contributed by atoms with E-state index in [0.29, 0.717) is 18.8 Å². The van der Waals surface area contributed by atoms with Crippen LogP contribution in [0.5, 0.6) is 5.75 Å². The second kappa shape index (κ2) is 8.03. The highest BCUT2D eigenvalue weighted by molar-refractivity contribution is 5.93. The summed E-state index contributed by atoms with van der Waals surface area (Å²) in [7, 11) is 1.63. The average molecular weight is 368 g/mol. The molecule has 0 radical (unpaired) electrons. The van der Waals surface area contributed by atoms with E-state index in [-0.39, 0.29) is 11.9 Å². The topological polar surface area (TPSA) is 86.9 Å². The molecular formula is C19H24N6O2. The van der Waals surface area contributed by atoms with Crippen molar-refractivity contribution in [2.45, 2.75) is 39.9 Å². The van der Waals surface area contributed by atoms with Crippen LogP contribution in [0.15, 0.2) is 36.5 Å². The highest BCUT2D eigenvalue weighted by atomic mass is 16.5. The third-order valence-electron chi connectivity index (χ3n) is 4.31. The van der Waals surface area contributed by atoms with Gasteiger partial charge in [-0.05, 0) is 44.5 Å². The van der Waals surface area contributed by atoms with Crippen LogP contribution in [-0.2, 0) is 13.1 Å². The number of ether oxygens (including phenoxy) is 1. The fourth-order valence-corrected chi connectivity index (χ4v) is 2.64. The van der Waals surface area contributed by atoms with Crippen molar-refractivity contribution in [3.63, 3.8) is 0 Å². The standard InChI is InChI=1S/C19H24N6O2/c1-13(2)24-10-9-16(22-24)11-20-19(26)18-14(3)25(23-21-18)12-15-5-7-17(27-4)8-6-15/h5-10,13H,11-12H2,1-4H3,(H,20,26). The molecule has 0 fully saturated rings. The lowest BCUT2D eigenvalue weighted by atomic mass is 10.2. The van der Waals surface area contributed by atoms with Crippen molar-refractivity contribution in [2.24, 2.45) is 0 Å². The minimum atomic E-state index is -0.257. The van der Waals surface area contributed by atoms with Crippen molar-refractivity contribution in [3.8, 4) is 5.75 Å². The summed E-state index contributed by atoms with van der Waals surface area (Å²) in [6, 6.07) is 9.90. The Bertz CT molecular complexity index is 911. The Kier molecular flexibility index (Phi) is 5.54. The first-order valence-electron chi connectivity index (χ1n) is 8.83. The van der Waals surface area contributed by atoms with Gasteiger partial charge in [0.2, 0.25) is 0 Å². The van der Waals surface area contributed by atoms with Crippen LogP contribution < -0.4 is 10.1 Å². The highest BCUT2D eigenvalue weighted by Crippen LogP contribution is 2.13. The molecule has 0 atom stereocenters. The number of carbonyl (C=O) groups is 1. The van der Waals surface area contributed by atoms with Gasteiger partial charge in [-0.25, -0.2) is 4.68 Å². The number of aromatic nitrogens is 5. The molecule has 3 aromatic rings. The molecule has 1 N–H and O–H groups in total. The van der Waals surface area contributed by atoms with E-state index < -0.39 is 0 Å². The fraction of sp³-hybridized carbons (Fsp3) is 0.368. The van der Waals surface area contributed by atoms with Crippen molar-refractivity contribution >= 4 is 5.91 Å². The summed E-state index contributed by atoms with van der Waals surface area (Å²) in [6.45, 7) is 6.84. The Hall–Kier alpha value is -3.16. The molecule has 8 heteroatoms. The molecule has 1 aromatic carbocycles. The molecule has 0 unspecified atom stereocenters. The number of hydrogen-bond acceptors (Lipinski definition) is 5. The average Bonchev–Trinajstić information content (AvgIpc) is 3.28. The number of rotatable bonds is 7. The van der Waals surface area contributed by atoms with Gasteiger partial charge in [-0.1, -0.05) is 17.3 Å². The van der Waals surface area contributed by atoms with Crippen molar-refractivity contribution in [1.29, 1.82) is 0 Å². The van der Waals surface area contributed by atoms with Gasteiger partial charge in [0.1, 0.15) is 5.75 Å². The van der Waals surface area contributed by atoms with E-state index in [1.165, 1.54) is 0 Å². The largest absolute Gasteiger partial charge is 0.497 e. The molecule has 0 saturated carbocycles. The monoisotopic (exact) mass is 368 g/mol. The van der Waals surface area contributed by atoms with Crippen molar-refractivity contribution in [2.75, 3.05) is 7.11 Å². The lowest BCUT2D eigenvalue weighted by Gasteiger charge is -2.06. The van der Waals surface area contributed by atoms with E-state index in [4.69, 9.17) is 4.74 Å². The minimum absolute atomic E-state index is 0.257. The predicted octanol–water partition coefficient (Wildman–Crippen LogP) is 2.35. The number of nitrogens with one attached hydrogen (secondary N) is 1. The van der Waals surface area contributed by atoms with Gasteiger partial charge in [0, 0.05) is 12.2 Å². The molecule has 3 rings (SSSR count). The molecule has 8 nitrogen and oxygen atoms in total. The smallest absolute Gasteiger partial charge is 0.274 e. The molecule has 0 saturated heterocycles. The third kappa shape index (κ3) is 4.33. The number of nitrogens with zero attached hydrogens (tertiary/aromatic N) is 5. The Morgan fingerprint density at radius 2 is 1.96 bits per heavy atom. The quantitative estimate of drug-likeness (QED) is 0.692. The van der Waals surface area contributed by atoms with E-state index in [9.17, 15) is 4.79 Å². The van der Waals surface area contributed by atoms with Gasteiger partial charge in [-0.15, -0.1) is 5.10 Å². The highest BCUT2D eigenvalue weighted by Gasteiger charge is 2.17. The number of methoxy groups -OCH3 is 1. The van der Waals surface area contributed by atoms with Gasteiger partial charge in [0.05, 0.1) is 31.6 Å². The van der Waals surface area contributed by atoms with E-state index in [0.717, 1.165) is 22.7 Å². The van der Waals surface area contributed by atoms with Crippen LogP contribution in [0.1, 0.15) is 47.3 Å². The molecule has 0 spiro atoms. The maximum atomic E-state index is 12.5. The van der Waals surface area contributed by atoms with Crippen LogP contribution in [0.3, 0.4) is 0 Å². The molecule has 0 aliphatic heterocycles. The van der Waals surface area contributed by atoms with Gasteiger partial charge < -0.3 is 10.1 Å². The van der Waals surface area contributed by atoms with E-state index in [2.05, 4.69) is 34.6 Å². The van der Waals surface area contributed by atoms with Crippen LogP contribution in [0.4, 0.5) is 0 Å². The fourth-order valence-electron chi connectivity index (χ4n) is 2.64. The number of hydrogen-bond donors (Lipinski definition) is 1. The zero-order valence-electron chi connectivity index (χ0n) is 16.0. The first kappa shape index (κ1) is 18.6. The Labute approximate surface area is 158 Å². The second-order valence-electron chi connectivity index (χ2n) is 6.59. The van der Waals surface area contributed by atoms with Crippen molar-refractivity contribution in [1.82, 2.24) is 30.1 Å². The second-order valence-corrected chi connectivity index (χ2v) is 6.59. The van der Waals surface area contributed by atoms with Crippen LogP contribution in [0, 0.1) is 6.92 Å². The number of carbonyl (C=O) groups excluding carboxylic acids is 1. The Balaban J connectivity index is 1.63. The molecule has 0 bridgehead atoms. The molecule has 2 heterocycles. The normalized spacial score (nSPS) is 11.0. The zero-order chi connectivity index (χ0) is 19.4. The van der Waals surface area contributed by atoms with Gasteiger partial charge >= 0.3 is 0 Å². The van der Waals surface area contributed by atoms with E-state index in [1.807, 2.05) is 48.1 Å². The number of amides is 1. The Morgan fingerprint density at radius 3 is 2.59 bits per heavy atom. The van der Waals surface area contributed by atoms with Crippen LogP contribution in [-0.4, -0.2) is 37.8 Å². The molecule has 142 valence electrons. The van der Waals surface area contributed by atoms with Crippen LogP contribution >= 0.6 is 0 Å². The predicted molar refractivity (Wildman–Crippen MR) is 101 cm³/mol. The SMILES string of the molecule is COc1ccc(Cn2nnc(C(=O)NCc3ccn(C(C)C)n3)c2C)cc1. The van der Waals surface area contributed by atoms with Crippen molar-refractivity contribution < 1.29 is 9.53 Å². The summed E-state index contributed by atoms with van der Waals surface area (Å²) in [4.78, 5) is 12.5. The summed E-state index contributed by atoms with van der Waals surface area (Å²) in [5.41, 5.74) is 2.90. The number of benzene rings is 1. The lowest BCUT2D eigenvalue weighted by Crippen LogP contribution is -2.24. The van der Waals surface area contributed by atoms with Gasteiger partial charge in [-0.3, -0.25) is 9.48 Å². The maximum absolute atomic E-state index is 12.5. The summed E-state index contributed by atoms with van der Waals surface area (Å²) >= 11 is 0. The summed E-state index contributed by atoms with van der Waals surface area (Å²) in [6.07, 6.45) is 1.91. The first-order chi connectivity index (χ1) is 13.0. The molecule has 0 aliphatic carbocycles. The summed E-state index contributed by atoms with van der Waals surface area (Å²) < 4.78 is 8.73. The Morgan fingerprint density at radius 1 is 1.22 bits per heavy atom. The summed E-state index contributed by atoms with van der Waals surface area (Å²) in [5.74, 6) is 0.543. The zero-order valence-corrected chi connectivity index (χ0v) is 16.0. The molecule has 27 heavy (non-hydrogen) atoms. The molecule has 2 aromatic heterocycles. The maximum Gasteiger partial charge on any atom is 0.274 e. The molecular weight excluding hydrogens is 344 g/mol. The van der Waals surface area contributed by atoms with Crippen LogP contribution in [0.25, 0.3) is 0 Å². The van der Waals surface area contributed by atoms with Gasteiger partial charge in [0.25, 0.3) is 5.91 Å². The minimum Gasteiger partial charge on any atom is -0.497 e. The van der Waals surface area contributed by atoms with E-state index in [1.54, 1.807) is 11.8 Å². The van der Waals surface area contributed by atoms with E-state index >= 15 is 0 Å². The lowest BCUT2D eigenvalue weighted by molar-refractivity contribution is 0.0944. The summed E-state index contributed by atoms with van der Waals surface area (Å²) in [5, 5.41) is 15.4. The molecule has 0 aliphatic rings. The van der Waals surface area contributed by atoms with Crippen LogP contribution in [0.2, 0.25) is 0 Å². The first-order valence-corrected chi connectivity index (χ1v) is 8.83. The van der Waals surface area contributed by atoms with Gasteiger partial charge in [-0.2, -0.15) is 5.10 Å². The van der Waals surface area contributed by atoms with Gasteiger partial charge in [0.15, 0.2) is 5.69 Å². The third-order valence-corrected chi connectivity index (χ3v) is 4.31. The van der Waals surface area contributed by atoms with Crippen molar-refractivity contribution in [3.05, 3.63) is 59.2 Å².